The van der Waals surface area contributed by atoms with E-state index in [1.54, 1.807) is 12.1 Å². The summed E-state index contributed by atoms with van der Waals surface area (Å²) in [6, 6.07) is 3.13. The van der Waals surface area contributed by atoms with Crippen LogP contribution in [0, 0.1) is 0 Å². The third-order valence-electron chi connectivity index (χ3n) is 4.28. The first kappa shape index (κ1) is 25.4. The van der Waals surface area contributed by atoms with E-state index < -0.39 is 58.7 Å². The molecule has 1 saturated heterocycles. The maximum absolute atomic E-state index is 12.3. The van der Waals surface area contributed by atoms with E-state index in [2.05, 4.69) is 13.8 Å². The maximum atomic E-state index is 12.3. The molecule has 18 heteroatoms. The van der Waals surface area contributed by atoms with Crippen LogP contribution in [0.25, 0.3) is 10.4 Å². The summed E-state index contributed by atoms with van der Waals surface area (Å²) in [5, 5.41) is 29.7. The van der Waals surface area contributed by atoms with E-state index in [4.69, 9.17) is 19.4 Å². The quantitative estimate of drug-likeness (QED) is 0.168. The van der Waals surface area contributed by atoms with Crippen molar-refractivity contribution in [3.63, 3.8) is 0 Å². The Kier molecular flexibility index (Phi) is 7.61. The molecule has 1 aliphatic rings. The van der Waals surface area contributed by atoms with Gasteiger partial charge in [0.15, 0.2) is 6.23 Å². The molecule has 178 valence electrons. The zero-order valence-electron chi connectivity index (χ0n) is 15.8. The van der Waals surface area contributed by atoms with Crippen LogP contribution in [0.3, 0.4) is 0 Å². The van der Waals surface area contributed by atoms with Gasteiger partial charge in [0.05, 0.1) is 16.5 Å². The van der Waals surface area contributed by atoms with E-state index in [0.29, 0.717) is 9.75 Å². The van der Waals surface area contributed by atoms with Gasteiger partial charge in [0.1, 0.15) is 24.9 Å². The van der Waals surface area contributed by atoms with Crippen molar-refractivity contribution >= 4 is 27.7 Å². The second-order valence-corrected chi connectivity index (χ2v) is 10.6. The van der Waals surface area contributed by atoms with Gasteiger partial charge in [0.2, 0.25) is 0 Å². The molecular weight excluding hydrogens is 498 g/mol. The molecule has 0 aromatic carbocycles. The van der Waals surface area contributed by atoms with Crippen molar-refractivity contribution < 1.29 is 53.4 Å². The predicted molar refractivity (Wildman–Crippen MR) is 108 cm³/mol. The lowest BCUT2D eigenvalue weighted by Crippen LogP contribution is -2.38. The average molecular weight is 518 g/mol. The second-order valence-electron chi connectivity index (χ2n) is 6.56. The highest BCUT2D eigenvalue weighted by Crippen LogP contribution is 2.67. The zero-order valence-corrected chi connectivity index (χ0v) is 18.4. The largest absolute Gasteiger partial charge is 0.620 e. The highest BCUT2D eigenvalue weighted by Gasteiger charge is 2.59. The van der Waals surface area contributed by atoms with Gasteiger partial charge in [0, 0.05) is 16.0 Å². The molecule has 0 bridgehead atoms. The Hall–Kier alpha value is -1.20. The SMILES string of the molecule is O=c1[nH]c(=O)n([C@@H]2O[C@H](CO[P+](O)(O)O[P+](O)(O)O)[C@@H](O)[C@H]2O)cc1-c1ccc(CO)s1. The number of hydrogen-bond acceptors (Lipinski definition) is 14. The molecule has 3 rings (SSSR count). The first-order chi connectivity index (χ1) is 14.8. The molecule has 0 spiro atoms. The zero-order chi connectivity index (χ0) is 23.8. The van der Waals surface area contributed by atoms with E-state index in [0.717, 1.165) is 22.1 Å². The molecule has 2 aromatic heterocycles. The van der Waals surface area contributed by atoms with Crippen LogP contribution in [0.5, 0.6) is 0 Å². The van der Waals surface area contributed by atoms with Gasteiger partial charge < -0.3 is 20.1 Å². The van der Waals surface area contributed by atoms with Crippen molar-refractivity contribution in [1.29, 1.82) is 0 Å². The van der Waals surface area contributed by atoms with E-state index in [1.165, 1.54) is 0 Å². The Balaban J connectivity index is 1.82. The van der Waals surface area contributed by atoms with Crippen LogP contribution in [0.2, 0.25) is 0 Å². The lowest BCUT2D eigenvalue weighted by atomic mass is 10.1. The summed E-state index contributed by atoms with van der Waals surface area (Å²) in [4.78, 5) is 72.7. The Bertz CT molecular complexity index is 1060. The minimum Gasteiger partial charge on any atom is -0.391 e. The fourth-order valence-corrected chi connectivity index (χ4v) is 5.44. The number of rotatable bonds is 8. The van der Waals surface area contributed by atoms with Gasteiger partial charge in [-0.3, -0.25) is 14.3 Å². The van der Waals surface area contributed by atoms with Crippen molar-refractivity contribution in [2.75, 3.05) is 6.61 Å². The van der Waals surface area contributed by atoms with Gasteiger partial charge in [-0.1, -0.05) is 0 Å². The van der Waals surface area contributed by atoms with Gasteiger partial charge in [-0.15, -0.1) is 15.9 Å². The molecule has 4 atom stereocenters. The number of aliphatic hydroxyl groups excluding tert-OH is 3. The second kappa shape index (κ2) is 9.58. The van der Waals surface area contributed by atoms with Gasteiger partial charge in [-0.25, -0.2) is 4.79 Å². The summed E-state index contributed by atoms with van der Waals surface area (Å²) in [5.74, 6) is 0. The fourth-order valence-electron chi connectivity index (χ4n) is 2.89. The first-order valence-corrected chi connectivity index (χ1v) is 12.6. The van der Waals surface area contributed by atoms with Gasteiger partial charge in [-0.2, -0.15) is 24.5 Å². The molecule has 0 radical (unpaired) electrons. The van der Waals surface area contributed by atoms with Crippen LogP contribution in [0.1, 0.15) is 11.1 Å². The molecule has 0 unspecified atom stereocenters. The number of hydrogen-bond donors (Lipinski definition) is 9. The van der Waals surface area contributed by atoms with Crippen molar-refractivity contribution in [3.05, 3.63) is 44.0 Å². The van der Waals surface area contributed by atoms with E-state index >= 15 is 0 Å². The van der Waals surface area contributed by atoms with Crippen molar-refractivity contribution in [2.45, 2.75) is 31.1 Å². The molecule has 15 nitrogen and oxygen atoms in total. The number of aliphatic hydroxyl groups is 3. The summed E-state index contributed by atoms with van der Waals surface area (Å²) in [5.41, 5.74) is -1.68. The highest BCUT2D eigenvalue weighted by atomic mass is 32.1. The Morgan fingerprint density at radius 3 is 2.41 bits per heavy atom. The molecular formula is C14H20N2O13P2S+2. The number of aromatic nitrogens is 2. The molecule has 2 aromatic rings. The molecule has 3 heterocycles. The lowest BCUT2D eigenvalue weighted by Gasteiger charge is -2.17. The van der Waals surface area contributed by atoms with Crippen molar-refractivity contribution in [1.82, 2.24) is 9.55 Å². The molecule has 1 aliphatic heterocycles. The summed E-state index contributed by atoms with van der Waals surface area (Å²) in [6.07, 6.45) is -5.31. The highest BCUT2D eigenvalue weighted by molar-refractivity contribution is 7.67. The van der Waals surface area contributed by atoms with Gasteiger partial charge >= 0.3 is 22.0 Å². The van der Waals surface area contributed by atoms with Gasteiger partial charge in [0.25, 0.3) is 5.56 Å². The third kappa shape index (κ3) is 5.83. The molecule has 1 fully saturated rings. The first-order valence-electron chi connectivity index (χ1n) is 8.66. The smallest absolute Gasteiger partial charge is 0.391 e. The summed E-state index contributed by atoms with van der Waals surface area (Å²) >= 11 is 1.09. The Morgan fingerprint density at radius 1 is 1.12 bits per heavy atom. The normalized spacial score (nSPS) is 24.2. The summed E-state index contributed by atoms with van der Waals surface area (Å²) in [6.45, 7) is -1.11. The van der Waals surface area contributed by atoms with Crippen molar-refractivity contribution in [2.24, 2.45) is 0 Å². The number of nitrogens with zero attached hydrogens (tertiary/aromatic N) is 1. The van der Waals surface area contributed by atoms with Crippen LogP contribution in [0.4, 0.5) is 0 Å². The van der Waals surface area contributed by atoms with Crippen LogP contribution in [-0.2, 0) is 20.2 Å². The van der Waals surface area contributed by atoms with E-state index in [1.807, 2.05) is 0 Å². The van der Waals surface area contributed by atoms with Crippen LogP contribution >= 0.6 is 27.7 Å². The van der Waals surface area contributed by atoms with E-state index in [-0.39, 0.29) is 12.2 Å². The standard InChI is InChI=1S/C14H19N2O13P2S/c17-4-6-1-2-9(32-6)7-3-16(14(21)15-12(7)20)13-11(19)10(18)8(28-13)5-27-31(25,26)29-30(22,23)24/h1-3,8,10-11,13,17-19,22-26H,4-5H2/q+1/p+1/t8-,10-,11-,13-/m1/s1. The Morgan fingerprint density at radius 2 is 1.81 bits per heavy atom. The maximum Gasteiger partial charge on any atom is 0.620 e. The minimum atomic E-state index is -5.05. The molecule has 0 amide bonds. The molecule has 32 heavy (non-hydrogen) atoms. The average Bonchev–Trinajstić information content (AvgIpc) is 3.25. The van der Waals surface area contributed by atoms with E-state index in [9.17, 15) is 34.7 Å². The number of aromatic amines is 1. The monoisotopic (exact) mass is 518 g/mol. The molecule has 9 N–H and O–H groups in total. The van der Waals surface area contributed by atoms with Crippen LogP contribution in [-0.4, -0.2) is 74.3 Å². The molecule has 0 saturated carbocycles. The minimum absolute atomic E-state index is 0.0255. The fraction of sp³-hybridized carbons (Fsp3) is 0.429. The lowest BCUT2D eigenvalue weighted by molar-refractivity contribution is -0.0560. The van der Waals surface area contributed by atoms with Crippen molar-refractivity contribution in [3.8, 4) is 10.4 Å². The number of nitrogens with one attached hydrogen (secondary N) is 1. The molecule has 0 aliphatic carbocycles. The van der Waals surface area contributed by atoms with Crippen LogP contribution in [0.15, 0.2) is 27.9 Å². The number of H-pyrrole nitrogens is 1. The third-order valence-corrected chi connectivity index (χ3v) is 7.60. The number of thiophene rings is 1. The summed E-state index contributed by atoms with van der Waals surface area (Å²) in [7, 11) is -9.98. The Labute approximate surface area is 183 Å². The topological polar surface area (TPSA) is 244 Å². The van der Waals surface area contributed by atoms with Gasteiger partial charge in [-0.05, 0) is 12.1 Å². The summed E-state index contributed by atoms with van der Waals surface area (Å²) < 4.78 is 14.6. The predicted octanol–water partition coefficient (Wildman–Crippen LogP) is -2.27. The van der Waals surface area contributed by atoms with Crippen LogP contribution < -0.4 is 11.2 Å². The number of ether oxygens (including phenoxy) is 1.